The number of oxazole rings is 1. The van der Waals surface area contributed by atoms with E-state index in [4.69, 9.17) is 4.42 Å². The number of rotatable bonds is 5. The molecule has 1 aliphatic rings. The third-order valence-electron chi connectivity index (χ3n) is 4.52. The Balaban J connectivity index is 1.53. The van der Waals surface area contributed by atoms with Crippen LogP contribution < -0.4 is 5.56 Å². The van der Waals surface area contributed by atoms with Gasteiger partial charge in [0, 0.05) is 19.2 Å². The molecule has 6 nitrogen and oxygen atoms in total. The van der Waals surface area contributed by atoms with Gasteiger partial charge < -0.3 is 4.42 Å². The molecule has 0 aromatic carbocycles. The lowest BCUT2D eigenvalue weighted by Gasteiger charge is -2.31. The highest BCUT2D eigenvalue weighted by Gasteiger charge is 2.20. The van der Waals surface area contributed by atoms with Gasteiger partial charge in [0.25, 0.3) is 5.56 Å². The van der Waals surface area contributed by atoms with E-state index in [2.05, 4.69) is 28.7 Å². The summed E-state index contributed by atoms with van der Waals surface area (Å²) in [5.74, 6) is 0.824. The van der Waals surface area contributed by atoms with Crippen LogP contribution >= 0.6 is 0 Å². The molecular formula is C17H24N4O2. The largest absolute Gasteiger partial charge is 0.451 e. The Morgan fingerprint density at radius 1 is 1.30 bits per heavy atom. The molecule has 0 bridgehead atoms. The van der Waals surface area contributed by atoms with E-state index in [-0.39, 0.29) is 11.5 Å². The zero-order valence-electron chi connectivity index (χ0n) is 13.8. The molecule has 1 fully saturated rings. The lowest BCUT2D eigenvalue weighted by molar-refractivity contribution is 0.164. The summed E-state index contributed by atoms with van der Waals surface area (Å²) >= 11 is 0. The molecule has 3 heterocycles. The van der Waals surface area contributed by atoms with E-state index in [1.54, 1.807) is 23.2 Å². The van der Waals surface area contributed by atoms with Crippen molar-refractivity contribution in [2.45, 2.75) is 45.7 Å². The van der Waals surface area contributed by atoms with Crippen molar-refractivity contribution in [3.05, 3.63) is 46.8 Å². The van der Waals surface area contributed by atoms with Crippen LogP contribution in [0.25, 0.3) is 0 Å². The highest BCUT2D eigenvalue weighted by atomic mass is 16.3. The second-order valence-electron chi connectivity index (χ2n) is 6.66. The summed E-state index contributed by atoms with van der Waals surface area (Å²) in [5.41, 5.74) is 1.91. The van der Waals surface area contributed by atoms with Crippen molar-refractivity contribution in [2.75, 3.05) is 13.1 Å². The van der Waals surface area contributed by atoms with Crippen molar-refractivity contribution >= 4 is 0 Å². The van der Waals surface area contributed by atoms with Gasteiger partial charge in [-0.3, -0.25) is 14.3 Å². The van der Waals surface area contributed by atoms with Crippen LogP contribution in [0.2, 0.25) is 0 Å². The van der Waals surface area contributed by atoms with Crippen LogP contribution in [0.3, 0.4) is 0 Å². The minimum absolute atomic E-state index is 0.0636. The highest BCUT2D eigenvalue weighted by Crippen LogP contribution is 2.20. The van der Waals surface area contributed by atoms with Gasteiger partial charge in [0.1, 0.15) is 6.26 Å². The standard InChI is InChI=1S/C17H24N4O2/c1-13(2)16-7-17(22)21(11-18-16)8-14-3-5-20(6-4-14)9-15-10-23-12-19-15/h7,10-14H,3-6,8-9H2,1-2H3. The summed E-state index contributed by atoms with van der Waals surface area (Å²) in [6, 6.07) is 1.67. The second kappa shape index (κ2) is 7.08. The molecule has 2 aromatic rings. The van der Waals surface area contributed by atoms with E-state index in [9.17, 15) is 4.79 Å². The number of hydrogen-bond acceptors (Lipinski definition) is 5. The Kier molecular flexibility index (Phi) is 4.91. The first kappa shape index (κ1) is 15.9. The van der Waals surface area contributed by atoms with Crippen molar-refractivity contribution in [3.8, 4) is 0 Å². The number of piperidine rings is 1. The number of nitrogens with zero attached hydrogens (tertiary/aromatic N) is 4. The normalized spacial score (nSPS) is 17.0. The fraction of sp³-hybridized carbons (Fsp3) is 0.588. The van der Waals surface area contributed by atoms with Gasteiger partial charge in [0.2, 0.25) is 0 Å². The van der Waals surface area contributed by atoms with Crippen molar-refractivity contribution < 1.29 is 4.42 Å². The molecule has 0 spiro atoms. The van der Waals surface area contributed by atoms with Gasteiger partial charge in [-0.15, -0.1) is 0 Å². The van der Waals surface area contributed by atoms with E-state index in [1.165, 1.54) is 6.39 Å². The lowest BCUT2D eigenvalue weighted by Crippen LogP contribution is -2.36. The number of aromatic nitrogens is 3. The van der Waals surface area contributed by atoms with Gasteiger partial charge in [-0.05, 0) is 37.8 Å². The summed E-state index contributed by atoms with van der Waals surface area (Å²) in [4.78, 5) is 23.1. The molecule has 0 saturated carbocycles. The monoisotopic (exact) mass is 316 g/mol. The molecule has 6 heteroatoms. The first-order valence-corrected chi connectivity index (χ1v) is 8.27. The van der Waals surface area contributed by atoms with Gasteiger partial charge in [-0.2, -0.15) is 0 Å². The van der Waals surface area contributed by atoms with Crippen LogP contribution in [0.5, 0.6) is 0 Å². The third kappa shape index (κ3) is 4.07. The number of hydrogen-bond donors (Lipinski definition) is 0. The van der Waals surface area contributed by atoms with Crippen molar-refractivity contribution in [3.63, 3.8) is 0 Å². The molecule has 1 saturated heterocycles. The topological polar surface area (TPSA) is 64.2 Å². The quantitative estimate of drug-likeness (QED) is 0.846. The third-order valence-corrected chi connectivity index (χ3v) is 4.52. The Morgan fingerprint density at radius 3 is 2.70 bits per heavy atom. The number of likely N-dealkylation sites (tertiary alicyclic amines) is 1. The average molecular weight is 316 g/mol. The van der Waals surface area contributed by atoms with E-state index >= 15 is 0 Å². The summed E-state index contributed by atoms with van der Waals surface area (Å²) in [6.45, 7) is 7.77. The zero-order valence-corrected chi connectivity index (χ0v) is 13.8. The van der Waals surface area contributed by atoms with E-state index in [0.29, 0.717) is 5.92 Å². The van der Waals surface area contributed by atoms with E-state index < -0.39 is 0 Å². The highest BCUT2D eigenvalue weighted by molar-refractivity contribution is 5.04. The first-order chi connectivity index (χ1) is 11.1. The summed E-state index contributed by atoms with van der Waals surface area (Å²) in [5, 5.41) is 0. The lowest BCUT2D eigenvalue weighted by atomic mass is 9.96. The predicted octanol–water partition coefficient (Wildman–Crippen LogP) is 2.27. The average Bonchev–Trinajstić information content (AvgIpc) is 3.04. The smallest absolute Gasteiger partial charge is 0.253 e. The molecule has 1 aliphatic heterocycles. The molecule has 0 unspecified atom stereocenters. The molecule has 2 aromatic heterocycles. The second-order valence-corrected chi connectivity index (χ2v) is 6.66. The van der Waals surface area contributed by atoms with Crippen LogP contribution in [0, 0.1) is 5.92 Å². The molecule has 0 radical (unpaired) electrons. The maximum atomic E-state index is 12.2. The van der Waals surface area contributed by atoms with Gasteiger partial charge in [0.05, 0.1) is 17.7 Å². The van der Waals surface area contributed by atoms with Crippen LogP contribution in [-0.4, -0.2) is 32.5 Å². The Bertz CT molecular complexity index is 670. The minimum Gasteiger partial charge on any atom is -0.451 e. The molecule has 0 atom stereocenters. The van der Waals surface area contributed by atoms with Crippen LogP contribution in [0.15, 0.2) is 34.3 Å². The van der Waals surface area contributed by atoms with Crippen LogP contribution in [0.4, 0.5) is 0 Å². The van der Waals surface area contributed by atoms with Crippen LogP contribution in [-0.2, 0) is 13.1 Å². The zero-order chi connectivity index (χ0) is 16.2. The molecule has 0 aliphatic carbocycles. The maximum Gasteiger partial charge on any atom is 0.253 e. The van der Waals surface area contributed by atoms with Gasteiger partial charge >= 0.3 is 0 Å². The molecule has 23 heavy (non-hydrogen) atoms. The Labute approximate surface area is 136 Å². The minimum atomic E-state index is 0.0636. The molecular weight excluding hydrogens is 292 g/mol. The maximum absolute atomic E-state index is 12.2. The SMILES string of the molecule is CC(C)c1cc(=O)n(CC2CCN(Cc3cocn3)CC2)cn1. The fourth-order valence-corrected chi connectivity index (χ4v) is 3.04. The molecule has 3 rings (SSSR count). The van der Waals surface area contributed by atoms with E-state index in [0.717, 1.165) is 50.4 Å². The first-order valence-electron chi connectivity index (χ1n) is 8.27. The van der Waals surface area contributed by atoms with Crippen molar-refractivity contribution in [1.82, 2.24) is 19.4 Å². The van der Waals surface area contributed by atoms with Crippen LogP contribution in [0.1, 0.15) is 44.0 Å². The Morgan fingerprint density at radius 2 is 2.09 bits per heavy atom. The molecule has 0 N–H and O–H groups in total. The van der Waals surface area contributed by atoms with Gasteiger partial charge in [-0.25, -0.2) is 9.97 Å². The summed E-state index contributed by atoms with van der Waals surface area (Å²) in [6.07, 6.45) is 7.07. The summed E-state index contributed by atoms with van der Waals surface area (Å²) in [7, 11) is 0. The summed E-state index contributed by atoms with van der Waals surface area (Å²) < 4.78 is 6.77. The van der Waals surface area contributed by atoms with E-state index in [1.807, 2.05) is 0 Å². The molecule has 124 valence electrons. The fourth-order valence-electron chi connectivity index (χ4n) is 3.04. The predicted molar refractivity (Wildman–Crippen MR) is 87.1 cm³/mol. The van der Waals surface area contributed by atoms with Crippen molar-refractivity contribution in [2.24, 2.45) is 5.92 Å². The van der Waals surface area contributed by atoms with Gasteiger partial charge in [-0.1, -0.05) is 13.8 Å². The van der Waals surface area contributed by atoms with Crippen molar-refractivity contribution in [1.29, 1.82) is 0 Å². The van der Waals surface area contributed by atoms with Gasteiger partial charge in [0.15, 0.2) is 6.39 Å². The Hall–Kier alpha value is -1.95. The molecule has 0 amide bonds.